The van der Waals surface area contributed by atoms with Crippen molar-refractivity contribution in [2.45, 2.75) is 37.8 Å². The van der Waals surface area contributed by atoms with Crippen LogP contribution in [0.25, 0.3) is 0 Å². The number of carbonyl (C=O) groups is 2. The van der Waals surface area contributed by atoms with Gasteiger partial charge in [-0.2, -0.15) is 0 Å². The number of thiophene rings is 1. The number of carbonyl (C=O) groups excluding carboxylic acids is 2. The van der Waals surface area contributed by atoms with E-state index in [0.29, 0.717) is 12.6 Å². The molecule has 2 fully saturated rings. The minimum atomic E-state index is -0.264. The van der Waals surface area contributed by atoms with Gasteiger partial charge >= 0.3 is 0 Å². The molecule has 2 heterocycles. The van der Waals surface area contributed by atoms with E-state index in [2.05, 4.69) is 5.32 Å². The van der Waals surface area contributed by atoms with Gasteiger partial charge in [-0.25, -0.2) is 0 Å². The van der Waals surface area contributed by atoms with Crippen LogP contribution < -0.4 is 5.32 Å². The van der Waals surface area contributed by atoms with Crippen molar-refractivity contribution >= 4 is 23.2 Å². The zero-order chi connectivity index (χ0) is 12.5. The molecule has 0 aromatic carbocycles. The molecule has 0 unspecified atom stereocenters. The van der Waals surface area contributed by atoms with Crippen molar-refractivity contribution < 1.29 is 9.59 Å². The number of rotatable bonds is 3. The van der Waals surface area contributed by atoms with Gasteiger partial charge in [-0.15, -0.1) is 11.3 Å². The number of likely N-dealkylation sites (tertiary alicyclic amines) is 1. The molecule has 5 heteroatoms. The molecule has 1 saturated heterocycles. The predicted molar refractivity (Wildman–Crippen MR) is 69.5 cm³/mol. The molecule has 2 amide bonds. The summed E-state index contributed by atoms with van der Waals surface area (Å²) in [6.07, 6.45) is 3.87. The highest BCUT2D eigenvalue weighted by atomic mass is 32.1. The van der Waals surface area contributed by atoms with Crippen LogP contribution in [-0.4, -0.2) is 35.3 Å². The molecule has 3 rings (SSSR count). The van der Waals surface area contributed by atoms with Gasteiger partial charge in [0.15, 0.2) is 0 Å². The first-order valence-corrected chi connectivity index (χ1v) is 7.28. The average Bonchev–Trinajstić information content (AvgIpc) is 2.91. The van der Waals surface area contributed by atoms with Crippen LogP contribution in [0.5, 0.6) is 0 Å². The molecule has 1 N–H and O–H groups in total. The smallest absolute Gasteiger partial charge is 0.264 e. The molecule has 1 aliphatic carbocycles. The lowest BCUT2D eigenvalue weighted by Crippen LogP contribution is -2.46. The Morgan fingerprint density at radius 1 is 1.33 bits per heavy atom. The van der Waals surface area contributed by atoms with Crippen LogP contribution in [0.4, 0.5) is 0 Å². The maximum atomic E-state index is 12.3. The van der Waals surface area contributed by atoms with E-state index in [-0.39, 0.29) is 17.9 Å². The topological polar surface area (TPSA) is 49.4 Å². The number of hydrogen-bond acceptors (Lipinski definition) is 3. The molecular formula is C13H16N2O2S. The Labute approximate surface area is 110 Å². The van der Waals surface area contributed by atoms with Crippen LogP contribution in [0, 0.1) is 0 Å². The van der Waals surface area contributed by atoms with Crippen LogP contribution >= 0.6 is 11.3 Å². The van der Waals surface area contributed by atoms with E-state index in [4.69, 9.17) is 0 Å². The first-order valence-electron chi connectivity index (χ1n) is 6.40. The molecule has 2 aliphatic rings. The average molecular weight is 264 g/mol. The molecule has 18 heavy (non-hydrogen) atoms. The molecular weight excluding hydrogens is 248 g/mol. The molecule has 0 bridgehead atoms. The van der Waals surface area contributed by atoms with Crippen LogP contribution in [-0.2, 0) is 4.79 Å². The lowest BCUT2D eigenvalue weighted by atomic mass is 10.2. The van der Waals surface area contributed by atoms with E-state index in [1.54, 1.807) is 4.90 Å². The lowest BCUT2D eigenvalue weighted by molar-refractivity contribution is -0.125. The fourth-order valence-corrected chi connectivity index (χ4v) is 3.03. The van der Waals surface area contributed by atoms with Gasteiger partial charge in [0.1, 0.15) is 6.04 Å². The molecule has 4 nitrogen and oxygen atoms in total. The summed E-state index contributed by atoms with van der Waals surface area (Å²) in [6.45, 7) is 0.694. The summed E-state index contributed by atoms with van der Waals surface area (Å²) < 4.78 is 0. The number of amides is 2. The zero-order valence-corrected chi connectivity index (χ0v) is 10.9. The van der Waals surface area contributed by atoms with Gasteiger partial charge in [-0.05, 0) is 37.1 Å². The van der Waals surface area contributed by atoms with Gasteiger partial charge in [0, 0.05) is 12.6 Å². The highest BCUT2D eigenvalue weighted by Gasteiger charge is 2.36. The third-order valence-corrected chi connectivity index (χ3v) is 4.33. The largest absolute Gasteiger partial charge is 0.352 e. The van der Waals surface area contributed by atoms with Crippen LogP contribution in [0.3, 0.4) is 0 Å². The van der Waals surface area contributed by atoms with Gasteiger partial charge in [0.2, 0.25) is 5.91 Å². The van der Waals surface area contributed by atoms with Crippen molar-refractivity contribution in [3.05, 3.63) is 22.4 Å². The quantitative estimate of drug-likeness (QED) is 0.902. The van der Waals surface area contributed by atoms with Crippen molar-refractivity contribution in [1.82, 2.24) is 10.2 Å². The standard InChI is InChI=1S/C13H16N2O2S/c16-12(14-9-5-6-9)10-3-1-7-15(10)13(17)11-4-2-8-18-11/h2,4,8-10H,1,3,5-7H2,(H,14,16)/t10-/m0/s1. The van der Waals surface area contributed by atoms with Crippen LogP contribution in [0.15, 0.2) is 17.5 Å². The van der Waals surface area contributed by atoms with Crippen LogP contribution in [0.2, 0.25) is 0 Å². The highest BCUT2D eigenvalue weighted by molar-refractivity contribution is 7.12. The summed E-state index contributed by atoms with van der Waals surface area (Å²) in [5, 5.41) is 4.89. The van der Waals surface area contributed by atoms with Gasteiger partial charge in [0.25, 0.3) is 5.91 Å². The minimum Gasteiger partial charge on any atom is -0.352 e. The van der Waals surface area contributed by atoms with Gasteiger partial charge in [0.05, 0.1) is 4.88 Å². The Hall–Kier alpha value is -1.36. The summed E-state index contributed by atoms with van der Waals surface area (Å²) in [7, 11) is 0. The minimum absolute atomic E-state index is 0.00144. The van der Waals surface area contributed by atoms with Crippen molar-refractivity contribution in [3.63, 3.8) is 0 Å². The summed E-state index contributed by atoms with van der Waals surface area (Å²) in [5.74, 6) is 0.0263. The maximum absolute atomic E-state index is 12.3. The predicted octanol–water partition coefficient (Wildman–Crippen LogP) is 1.63. The van der Waals surface area contributed by atoms with Crippen molar-refractivity contribution in [1.29, 1.82) is 0 Å². The third kappa shape index (κ3) is 2.27. The van der Waals surface area contributed by atoms with E-state index in [9.17, 15) is 9.59 Å². The normalized spacial score (nSPS) is 23.1. The molecule has 1 aromatic heterocycles. The molecule has 1 saturated carbocycles. The van der Waals surface area contributed by atoms with E-state index in [0.717, 1.165) is 30.6 Å². The van der Waals surface area contributed by atoms with E-state index in [1.807, 2.05) is 17.5 Å². The Bertz CT molecular complexity index is 454. The van der Waals surface area contributed by atoms with Gasteiger partial charge in [-0.1, -0.05) is 6.07 Å². The van der Waals surface area contributed by atoms with Gasteiger partial charge < -0.3 is 10.2 Å². The molecule has 1 aromatic rings. The number of hydrogen-bond donors (Lipinski definition) is 1. The molecule has 96 valence electrons. The molecule has 0 spiro atoms. The zero-order valence-electron chi connectivity index (χ0n) is 10.1. The van der Waals surface area contributed by atoms with Crippen molar-refractivity contribution in [2.24, 2.45) is 0 Å². The first-order chi connectivity index (χ1) is 8.75. The molecule has 0 radical (unpaired) electrons. The number of nitrogens with one attached hydrogen (secondary N) is 1. The Balaban J connectivity index is 1.70. The molecule has 1 aliphatic heterocycles. The fraction of sp³-hybridized carbons (Fsp3) is 0.538. The Morgan fingerprint density at radius 3 is 2.83 bits per heavy atom. The molecule has 1 atom stereocenters. The fourth-order valence-electron chi connectivity index (χ4n) is 2.35. The van der Waals surface area contributed by atoms with Crippen LogP contribution in [0.1, 0.15) is 35.4 Å². The summed E-state index contributed by atoms with van der Waals surface area (Å²) in [4.78, 5) is 26.8. The Morgan fingerprint density at radius 2 is 2.17 bits per heavy atom. The van der Waals surface area contributed by atoms with Crippen molar-refractivity contribution in [2.75, 3.05) is 6.54 Å². The second-order valence-electron chi connectivity index (χ2n) is 4.92. The lowest BCUT2D eigenvalue weighted by Gasteiger charge is -2.23. The van der Waals surface area contributed by atoms with Gasteiger partial charge in [-0.3, -0.25) is 9.59 Å². The first kappa shape index (κ1) is 11.7. The Kier molecular flexibility index (Phi) is 3.07. The second-order valence-corrected chi connectivity index (χ2v) is 5.86. The van der Waals surface area contributed by atoms with Crippen molar-refractivity contribution in [3.8, 4) is 0 Å². The van der Waals surface area contributed by atoms with E-state index >= 15 is 0 Å². The van der Waals surface area contributed by atoms with E-state index in [1.165, 1.54) is 11.3 Å². The van der Waals surface area contributed by atoms with E-state index < -0.39 is 0 Å². The summed E-state index contributed by atoms with van der Waals surface area (Å²) in [5.41, 5.74) is 0. The number of nitrogens with zero attached hydrogens (tertiary/aromatic N) is 1. The third-order valence-electron chi connectivity index (χ3n) is 3.47. The SMILES string of the molecule is O=C(NC1CC1)[C@@H]1CCCN1C(=O)c1cccs1. The highest BCUT2D eigenvalue weighted by Crippen LogP contribution is 2.24. The summed E-state index contributed by atoms with van der Waals surface area (Å²) in [6, 6.07) is 3.78. The maximum Gasteiger partial charge on any atom is 0.264 e. The second kappa shape index (κ2) is 4.72. The summed E-state index contributed by atoms with van der Waals surface area (Å²) >= 11 is 1.43. The monoisotopic (exact) mass is 264 g/mol.